The molecule has 3 atom stereocenters. The van der Waals surface area contributed by atoms with E-state index in [4.69, 9.17) is 5.73 Å². The number of piperidine rings is 1. The number of fused-ring (bicyclic) bond motifs is 2. The van der Waals surface area contributed by atoms with Gasteiger partial charge in [-0.3, -0.25) is 4.98 Å². The Balaban J connectivity index is 1.94. The van der Waals surface area contributed by atoms with Crippen molar-refractivity contribution in [2.45, 2.75) is 43.9 Å². The Morgan fingerprint density at radius 1 is 1.31 bits per heavy atom. The first kappa shape index (κ1) is 9.90. The Bertz CT molecular complexity index is 382. The fourth-order valence-electron chi connectivity index (χ4n) is 3.18. The predicted molar refractivity (Wildman–Crippen MR) is 63.2 cm³/mol. The molecule has 86 valence electrons. The minimum atomic E-state index is -0.128. The number of nitrogen functional groups attached to an aromatic ring is 1. The van der Waals surface area contributed by atoms with Crippen LogP contribution in [0.4, 0.5) is 11.4 Å². The Morgan fingerprint density at radius 3 is 2.62 bits per heavy atom. The minimum absolute atomic E-state index is 0.128. The number of aromatic nitrogens is 1. The van der Waals surface area contributed by atoms with Crippen LogP contribution < -0.4 is 10.6 Å². The summed E-state index contributed by atoms with van der Waals surface area (Å²) in [6, 6.07) is 2.90. The fraction of sp³-hybridized carbons (Fsp3) is 0.583. The summed E-state index contributed by atoms with van der Waals surface area (Å²) in [5.41, 5.74) is 7.81. The molecule has 16 heavy (non-hydrogen) atoms. The second kappa shape index (κ2) is 3.63. The zero-order valence-corrected chi connectivity index (χ0v) is 9.21. The van der Waals surface area contributed by atoms with Crippen LogP contribution in [0.25, 0.3) is 0 Å². The van der Waals surface area contributed by atoms with Gasteiger partial charge in [0.15, 0.2) is 0 Å². The second-order valence-electron chi connectivity index (χ2n) is 4.85. The number of rotatable bonds is 1. The highest BCUT2D eigenvalue weighted by atomic mass is 16.3. The number of nitrogens with two attached hydrogens (primary N) is 1. The number of hydrogen-bond donors (Lipinski definition) is 2. The summed E-state index contributed by atoms with van der Waals surface area (Å²) in [7, 11) is 0. The zero-order valence-electron chi connectivity index (χ0n) is 9.21. The van der Waals surface area contributed by atoms with Crippen molar-refractivity contribution in [1.82, 2.24) is 4.98 Å². The number of hydrogen-bond acceptors (Lipinski definition) is 4. The van der Waals surface area contributed by atoms with E-state index in [1.54, 1.807) is 12.4 Å². The van der Waals surface area contributed by atoms with Crippen molar-refractivity contribution in [3.05, 3.63) is 18.5 Å². The first-order valence-corrected chi connectivity index (χ1v) is 5.91. The molecule has 0 saturated carbocycles. The van der Waals surface area contributed by atoms with Gasteiger partial charge in [-0.25, -0.2) is 0 Å². The summed E-state index contributed by atoms with van der Waals surface area (Å²) in [5, 5.41) is 9.75. The van der Waals surface area contributed by atoms with Gasteiger partial charge in [0, 0.05) is 18.3 Å². The monoisotopic (exact) mass is 219 g/mol. The first-order chi connectivity index (χ1) is 7.75. The van der Waals surface area contributed by atoms with E-state index in [2.05, 4.69) is 9.88 Å². The van der Waals surface area contributed by atoms with Gasteiger partial charge in [-0.2, -0.15) is 0 Å². The maximum Gasteiger partial charge on any atom is 0.0738 e. The minimum Gasteiger partial charge on any atom is -0.396 e. The van der Waals surface area contributed by atoms with Crippen LogP contribution in [0.15, 0.2) is 18.5 Å². The van der Waals surface area contributed by atoms with Gasteiger partial charge < -0.3 is 15.7 Å². The average Bonchev–Trinajstić information content (AvgIpc) is 2.53. The van der Waals surface area contributed by atoms with Crippen molar-refractivity contribution in [1.29, 1.82) is 0 Å². The van der Waals surface area contributed by atoms with Crippen LogP contribution >= 0.6 is 0 Å². The van der Waals surface area contributed by atoms with Crippen molar-refractivity contribution in [2.24, 2.45) is 0 Å². The molecular formula is C12H17N3O. The lowest BCUT2D eigenvalue weighted by Gasteiger charge is -2.39. The number of anilines is 2. The van der Waals surface area contributed by atoms with E-state index in [-0.39, 0.29) is 6.10 Å². The molecule has 1 aromatic heterocycles. The van der Waals surface area contributed by atoms with Crippen LogP contribution in [-0.4, -0.2) is 28.3 Å². The molecule has 2 aliphatic heterocycles. The normalized spacial score (nSPS) is 33.1. The van der Waals surface area contributed by atoms with Gasteiger partial charge in [0.05, 0.1) is 23.7 Å². The first-order valence-electron chi connectivity index (χ1n) is 5.91. The van der Waals surface area contributed by atoms with E-state index >= 15 is 0 Å². The topological polar surface area (TPSA) is 62.4 Å². The highest BCUT2D eigenvalue weighted by Crippen LogP contribution is 2.40. The molecule has 0 aromatic carbocycles. The summed E-state index contributed by atoms with van der Waals surface area (Å²) in [6.45, 7) is 0. The summed E-state index contributed by atoms with van der Waals surface area (Å²) in [4.78, 5) is 6.42. The maximum absolute atomic E-state index is 9.75. The molecule has 4 heteroatoms. The van der Waals surface area contributed by atoms with Crippen LogP contribution in [0.3, 0.4) is 0 Å². The molecule has 3 rings (SSSR count). The SMILES string of the molecule is Nc1cnccc1N1C2CC[C@H]1CC(O)C2. The molecule has 0 radical (unpaired) electrons. The molecule has 2 aliphatic rings. The van der Waals surface area contributed by atoms with Crippen LogP contribution in [-0.2, 0) is 0 Å². The van der Waals surface area contributed by atoms with E-state index in [0.717, 1.165) is 24.2 Å². The van der Waals surface area contributed by atoms with Gasteiger partial charge in [-0.1, -0.05) is 0 Å². The quantitative estimate of drug-likeness (QED) is 0.744. The van der Waals surface area contributed by atoms with Crippen LogP contribution in [0.2, 0.25) is 0 Å². The molecule has 2 bridgehead atoms. The van der Waals surface area contributed by atoms with E-state index < -0.39 is 0 Å². The largest absolute Gasteiger partial charge is 0.396 e. The summed E-state index contributed by atoms with van der Waals surface area (Å²) in [6.07, 6.45) is 7.45. The van der Waals surface area contributed by atoms with Gasteiger partial charge in [0.1, 0.15) is 0 Å². The highest BCUT2D eigenvalue weighted by molar-refractivity contribution is 5.67. The second-order valence-corrected chi connectivity index (χ2v) is 4.85. The Labute approximate surface area is 95.1 Å². The molecule has 3 N–H and O–H groups in total. The Kier molecular flexibility index (Phi) is 2.24. The standard InChI is InChI=1S/C12H17N3O/c13-11-7-14-4-3-12(11)15-8-1-2-9(15)6-10(16)5-8/h3-4,7-10,16H,1-2,5-6,13H2/t8-,9?,10?/m0/s1. The van der Waals surface area contributed by atoms with Crippen molar-refractivity contribution in [3.8, 4) is 0 Å². The van der Waals surface area contributed by atoms with E-state index in [1.165, 1.54) is 12.8 Å². The van der Waals surface area contributed by atoms with E-state index in [9.17, 15) is 5.11 Å². The lowest BCUT2D eigenvalue weighted by Crippen LogP contribution is -2.45. The molecular weight excluding hydrogens is 202 g/mol. The smallest absolute Gasteiger partial charge is 0.0738 e. The average molecular weight is 219 g/mol. The number of aliphatic hydroxyl groups is 1. The number of nitrogens with zero attached hydrogens (tertiary/aromatic N) is 2. The molecule has 3 heterocycles. The molecule has 4 nitrogen and oxygen atoms in total. The Hall–Kier alpha value is -1.29. The third kappa shape index (κ3) is 1.45. The molecule has 2 unspecified atom stereocenters. The molecule has 1 aromatic rings. The summed E-state index contributed by atoms with van der Waals surface area (Å²) >= 11 is 0. The van der Waals surface area contributed by atoms with Crippen molar-refractivity contribution in [2.75, 3.05) is 10.6 Å². The Morgan fingerprint density at radius 2 is 2.00 bits per heavy atom. The van der Waals surface area contributed by atoms with Crippen LogP contribution in [0.5, 0.6) is 0 Å². The van der Waals surface area contributed by atoms with Gasteiger partial charge >= 0.3 is 0 Å². The number of aliphatic hydroxyl groups excluding tert-OH is 1. The summed E-state index contributed by atoms with van der Waals surface area (Å²) in [5.74, 6) is 0. The van der Waals surface area contributed by atoms with E-state index in [1.807, 2.05) is 6.07 Å². The third-order valence-electron chi connectivity index (χ3n) is 3.81. The predicted octanol–water partition coefficient (Wildman–Crippen LogP) is 1.16. The van der Waals surface area contributed by atoms with Gasteiger partial charge in [-0.15, -0.1) is 0 Å². The van der Waals surface area contributed by atoms with Crippen molar-refractivity contribution in [3.63, 3.8) is 0 Å². The van der Waals surface area contributed by atoms with Gasteiger partial charge in [0.2, 0.25) is 0 Å². The van der Waals surface area contributed by atoms with Crippen molar-refractivity contribution < 1.29 is 5.11 Å². The molecule has 0 spiro atoms. The maximum atomic E-state index is 9.75. The highest BCUT2D eigenvalue weighted by Gasteiger charge is 2.40. The lowest BCUT2D eigenvalue weighted by molar-refractivity contribution is 0.126. The molecule has 0 amide bonds. The molecule has 2 saturated heterocycles. The molecule has 0 aliphatic carbocycles. The summed E-state index contributed by atoms with van der Waals surface area (Å²) < 4.78 is 0. The van der Waals surface area contributed by atoms with Crippen LogP contribution in [0.1, 0.15) is 25.7 Å². The zero-order chi connectivity index (χ0) is 11.1. The fourth-order valence-corrected chi connectivity index (χ4v) is 3.18. The third-order valence-corrected chi connectivity index (χ3v) is 3.81. The van der Waals surface area contributed by atoms with Gasteiger partial charge in [0.25, 0.3) is 0 Å². The van der Waals surface area contributed by atoms with Gasteiger partial charge in [-0.05, 0) is 31.7 Å². The van der Waals surface area contributed by atoms with E-state index in [0.29, 0.717) is 12.1 Å². The van der Waals surface area contributed by atoms with Crippen molar-refractivity contribution >= 4 is 11.4 Å². The van der Waals surface area contributed by atoms with Crippen LogP contribution in [0, 0.1) is 0 Å². The lowest BCUT2D eigenvalue weighted by atomic mass is 9.99. The molecule has 2 fully saturated rings. The number of pyridine rings is 1.